The van der Waals surface area contributed by atoms with Gasteiger partial charge in [-0.05, 0) is 50.1 Å². The van der Waals surface area contributed by atoms with E-state index >= 15 is 0 Å². The van der Waals surface area contributed by atoms with Crippen molar-refractivity contribution in [2.45, 2.75) is 46.6 Å². The van der Waals surface area contributed by atoms with E-state index in [-0.39, 0.29) is 18.3 Å². The standard InChI is InChI=1S/C21H28FN3O2/c1-14(2)27-20-9-15(3)5-7-17(20)12-25-21(23-4)24-11-16-6-8-19(22)18(10-16)13-26/h5-10,14,26H,11-13H2,1-4H3,(H2,23,24,25). The SMILES string of the molecule is CN=C(NCc1ccc(F)c(CO)c1)NCc1ccc(C)cc1OC(C)C. The minimum Gasteiger partial charge on any atom is -0.491 e. The maximum atomic E-state index is 13.5. The molecule has 0 saturated carbocycles. The highest BCUT2D eigenvalue weighted by Crippen LogP contribution is 2.21. The topological polar surface area (TPSA) is 65.9 Å². The van der Waals surface area contributed by atoms with Gasteiger partial charge in [0.25, 0.3) is 0 Å². The van der Waals surface area contributed by atoms with E-state index in [9.17, 15) is 9.50 Å². The maximum Gasteiger partial charge on any atom is 0.191 e. The van der Waals surface area contributed by atoms with E-state index in [0.717, 1.165) is 22.4 Å². The van der Waals surface area contributed by atoms with Crippen molar-refractivity contribution in [2.75, 3.05) is 7.05 Å². The van der Waals surface area contributed by atoms with E-state index < -0.39 is 5.82 Å². The van der Waals surface area contributed by atoms with Crippen LogP contribution in [0.2, 0.25) is 0 Å². The molecule has 0 aliphatic rings. The molecule has 0 bridgehead atoms. The van der Waals surface area contributed by atoms with Crippen molar-refractivity contribution >= 4 is 5.96 Å². The normalized spacial score (nSPS) is 11.6. The largest absolute Gasteiger partial charge is 0.491 e. The average molecular weight is 373 g/mol. The Morgan fingerprint density at radius 3 is 2.52 bits per heavy atom. The lowest BCUT2D eigenvalue weighted by atomic mass is 10.1. The fourth-order valence-corrected chi connectivity index (χ4v) is 2.62. The number of aryl methyl sites for hydroxylation is 1. The predicted octanol–water partition coefficient (Wildman–Crippen LogP) is 3.28. The molecule has 0 aliphatic carbocycles. The van der Waals surface area contributed by atoms with Gasteiger partial charge in [-0.3, -0.25) is 4.99 Å². The third-order valence-corrected chi connectivity index (χ3v) is 4.00. The Kier molecular flexibility index (Phi) is 7.61. The minimum atomic E-state index is -0.402. The Labute approximate surface area is 160 Å². The van der Waals surface area contributed by atoms with E-state index in [1.807, 2.05) is 32.9 Å². The molecule has 27 heavy (non-hydrogen) atoms. The number of aliphatic hydroxyl groups is 1. The molecule has 2 aromatic carbocycles. The fraction of sp³-hybridized carbons (Fsp3) is 0.381. The maximum absolute atomic E-state index is 13.5. The van der Waals surface area contributed by atoms with Crippen molar-refractivity contribution in [2.24, 2.45) is 4.99 Å². The number of nitrogens with one attached hydrogen (secondary N) is 2. The molecule has 0 unspecified atom stereocenters. The molecule has 0 radical (unpaired) electrons. The first-order valence-corrected chi connectivity index (χ1v) is 9.01. The molecule has 0 aliphatic heterocycles. The predicted molar refractivity (Wildman–Crippen MR) is 106 cm³/mol. The third kappa shape index (κ3) is 6.25. The Balaban J connectivity index is 1.98. The number of rotatable bonds is 7. The highest BCUT2D eigenvalue weighted by atomic mass is 19.1. The second-order valence-corrected chi connectivity index (χ2v) is 6.64. The molecule has 3 N–H and O–H groups in total. The molecular weight excluding hydrogens is 345 g/mol. The quantitative estimate of drug-likeness (QED) is 0.515. The van der Waals surface area contributed by atoms with E-state index in [0.29, 0.717) is 19.0 Å². The first-order chi connectivity index (χ1) is 12.9. The second kappa shape index (κ2) is 9.92. The first kappa shape index (κ1) is 20.7. The van der Waals surface area contributed by atoms with Crippen LogP contribution in [0.1, 0.15) is 36.1 Å². The number of aliphatic hydroxyl groups excluding tert-OH is 1. The van der Waals surface area contributed by atoms with Crippen LogP contribution >= 0.6 is 0 Å². The van der Waals surface area contributed by atoms with E-state index in [4.69, 9.17) is 4.74 Å². The zero-order valence-corrected chi connectivity index (χ0v) is 16.3. The monoisotopic (exact) mass is 373 g/mol. The average Bonchev–Trinajstić information content (AvgIpc) is 2.64. The summed E-state index contributed by atoms with van der Waals surface area (Å²) in [5.74, 6) is 1.08. The van der Waals surface area contributed by atoms with E-state index in [1.165, 1.54) is 6.07 Å². The fourth-order valence-electron chi connectivity index (χ4n) is 2.62. The molecule has 6 heteroatoms. The molecule has 0 amide bonds. The van der Waals surface area contributed by atoms with Gasteiger partial charge in [0, 0.05) is 31.3 Å². The third-order valence-electron chi connectivity index (χ3n) is 4.00. The lowest BCUT2D eigenvalue weighted by Gasteiger charge is -2.17. The smallest absolute Gasteiger partial charge is 0.191 e. The summed E-state index contributed by atoms with van der Waals surface area (Å²) in [6.07, 6.45) is 0.0992. The van der Waals surface area contributed by atoms with Crippen molar-refractivity contribution in [3.8, 4) is 5.75 Å². The van der Waals surface area contributed by atoms with E-state index in [2.05, 4.69) is 21.7 Å². The number of hydrogen-bond donors (Lipinski definition) is 3. The van der Waals surface area contributed by atoms with Gasteiger partial charge < -0.3 is 20.5 Å². The van der Waals surface area contributed by atoms with Crippen LogP contribution in [0.5, 0.6) is 5.75 Å². The number of aliphatic imine (C=N–C) groups is 1. The number of nitrogens with zero attached hydrogens (tertiary/aromatic N) is 1. The Morgan fingerprint density at radius 2 is 1.85 bits per heavy atom. The summed E-state index contributed by atoms with van der Waals surface area (Å²) in [5, 5.41) is 15.6. The molecule has 0 fully saturated rings. The lowest BCUT2D eigenvalue weighted by Crippen LogP contribution is -2.36. The minimum absolute atomic E-state index is 0.0992. The highest BCUT2D eigenvalue weighted by molar-refractivity contribution is 5.79. The number of benzene rings is 2. The summed E-state index contributed by atoms with van der Waals surface area (Å²) in [5.41, 5.74) is 3.34. The van der Waals surface area contributed by atoms with Crippen LogP contribution in [0.15, 0.2) is 41.4 Å². The molecule has 2 rings (SSSR count). The Hall–Kier alpha value is -2.60. The van der Waals surface area contributed by atoms with Gasteiger partial charge in [-0.2, -0.15) is 0 Å². The zero-order valence-electron chi connectivity index (χ0n) is 16.3. The van der Waals surface area contributed by atoms with Crippen LogP contribution < -0.4 is 15.4 Å². The van der Waals surface area contributed by atoms with Crippen molar-refractivity contribution in [3.05, 3.63) is 64.5 Å². The number of ether oxygens (including phenoxy) is 1. The van der Waals surface area contributed by atoms with Gasteiger partial charge in [-0.25, -0.2) is 4.39 Å². The second-order valence-electron chi connectivity index (χ2n) is 6.64. The first-order valence-electron chi connectivity index (χ1n) is 9.01. The van der Waals surface area contributed by atoms with Gasteiger partial charge in [0.05, 0.1) is 12.7 Å². The van der Waals surface area contributed by atoms with Crippen molar-refractivity contribution in [3.63, 3.8) is 0 Å². The molecule has 0 saturated heterocycles. The number of hydrogen-bond acceptors (Lipinski definition) is 3. The van der Waals surface area contributed by atoms with Crippen LogP contribution in [-0.2, 0) is 19.7 Å². The molecule has 5 nitrogen and oxygen atoms in total. The van der Waals surface area contributed by atoms with Gasteiger partial charge in [0.1, 0.15) is 11.6 Å². The summed E-state index contributed by atoms with van der Waals surface area (Å²) in [6, 6.07) is 10.8. The van der Waals surface area contributed by atoms with Crippen molar-refractivity contribution in [1.82, 2.24) is 10.6 Å². The number of guanidine groups is 1. The molecule has 0 aromatic heterocycles. The van der Waals surface area contributed by atoms with Crippen LogP contribution in [0.4, 0.5) is 4.39 Å². The molecular formula is C21H28FN3O2. The molecule has 0 heterocycles. The molecule has 0 spiro atoms. The summed E-state index contributed by atoms with van der Waals surface area (Å²) < 4.78 is 19.4. The molecule has 2 aromatic rings. The summed E-state index contributed by atoms with van der Waals surface area (Å²) in [7, 11) is 1.69. The van der Waals surface area contributed by atoms with Crippen molar-refractivity contribution < 1.29 is 14.2 Å². The van der Waals surface area contributed by atoms with Gasteiger partial charge in [0.15, 0.2) is 5.96 Å². The molecule has 146 valence electrons. The van der Waals surface area contributed by atoms with Crippen LogP contribution in [0, 0.1) is 12.7 Å². The lowest BCUT2D eigenvalue weighted by molar-refractivity contribution is 0.239. The van der Waals surface area contributed by atoms with Gasteiger partial charge in [0.2, 0.25) is 0 Å². The summed E-state index contributed by atoms with van der Waals surface area (Å²) in [4.78, 5) is 4.22. The van der Waals surface area contributed by atoms with Crippen LogP contribution in [0.3, 0.4) is 0 Å². The summed E-state index contributed by atoms with van der Waals surface area (Å²) >= 11 is 0. The summed E-state index contributed by atoms with van der Waals surface area (Å²) in [6.45, 7) is 6.75. The zero-order chi connectivity index (χ0) is 19.8. The van der Waals surface area contributed by atoms with Crippen LogP contribution in [-0.4, -0.2) is 24.2 Å². The Morgan fingerprint density at radius 1 is 1.11 bits per heavy atom. The van der Waals surface area contributed by atoms with E-state index in [1.54, 1.807) is 19.2 Å². The molecule has 0 atom stereocenters. The van der Waals surface area contributed by atoms with Gasteiger partial charge >= 0.3 is 0 Å². The van der Waals surface area contributed by atoms with Gasteiger partial charge in [-0.1, -0.05) is 18.2 Å². The highest BCUT2D eigenvalue weighted by Gasteiger charge is 2.08. The van der Waals surface area contributed by atoms with Crippen molar-refractivity contribution in [1.29, 1.82) is 0 Å². The van der Waals surface area contributed by atoms with Gasteiger partial charge in [-0.15, -0.1) is 0 Å². The Bertz CT molecular complexity index is 791. The number of halogens is 1. The van der Waals surface area contributed by atoms with Crippen LogP contribution in [0.25, 0.3) is 0 Å².